The molecule has 0 aliphatic carbocycles. The number of amides is 2. The first-order valence-corrected chi connectivity index (χ1v) is 10.5. The molecule has 2 aromatic rings. The molecule has 5 nitrogen and oxygen atoms in total. The molecule has 1 heterocycles. The van der Waals surface area contributed by atoms with E-state index in [0.717, 1.165) is 17.3 Å². The Labute approximate surface area is 183 Å². The largest absolute Gasteiger partial charge is 0.493 e. The zero-order chi connectivity index (χ0) is 21.0. The highest BCUT2D eigenvalue weighted by Crippen LogP contribution is 2.39. The van der Waals surface area contributed by atoms with Gasteiger partial charge in [-0.25, -0.2) is 0 Å². The number of imide groups is 1. The second-order valence-corrected chi connectivity index (χ2v) is 8.06. The van der Waals surface area contributed by atoms with E-state index in [0.29, 0.717) is 45.0 Å². The van der Waals surface area contributed by atoms with Crippen LogP contribution in [0.1, 0.15) is 24.5 Å². The van der Waals surface area contributed by atoms with Gasteiger partial charge in [0, 0.05) is 17.1 Å². The molecule has 0 radical (unpaired) electrons. The fourth-order valence-electron chi connectivity index (χ4n) is 2.80. The number of rotatable bonds is 7. The van der Waals surface area contributed by atoms with Crippen LogP contribution in [0, 0.1) is 0 Å². The Morgan fingerprint density at radius 1 is 1.14 bits per heavy atom. The van der Waals surface area contributed by atoms with E-state index in [-0.39, 0.29) is 17.8 Å². The van der Waals surface area contributed by atoms with Gasteiger partial charge in [0.05, 0.1) is 17.0 Å². The molecule has 1 aliphatic rings. The zero-order valence-corrected chi connectivity index (χ0v) is 18.2. The number of carbonyl (C=O) groups is 2. The van der Waals surface area contributed by atoms with Gasteiger partial charge in [-0.1, -0.05) is 48.3 Å². The summed E-state index contributed by atoms with van der Waals surface area (Å²) in [4.78, 5) is 26.0. The van der Waals surface area contributed by atoms with Gasteiger partial charge in [0.1, 0.15) is 6.61 Å². The number of carbonyl (C=O) groups excluding carboxylic acids is 2. The molecule has 0 bridgehead atoms. The summed E-state index contributed by atoms with van der Waals surface area (Å²) in [6.07, 6.45) is 2.34. The van der Waals surface area contributed by atoms with Crippen LogP contribution in [0.25, 0.3) is 6.08 Å². The quantitative estimate of drug-likeness (QED) is 0.481. The maximum Gasteiger partial charge on any atom is 0.293 e. The van der Waals surface area contributed by atoms with Gasteiger partial charge in [0.25, 0.3) is 11.1 Å². The van der Waals surface area contributed by atoms with E-state index in [1.54, 1.807) is 24.3 Å². The number of methoxy groups -OCH3 is 1. The Morgan fingerprint density at radius 2 is 1.90 bits per heavy atom. The van der Waals surface area contributed by atoms with Gasteiger partial charge in [0.2, 0.25) is 0 Å². The Bertz CT molecular complexity index is 977. The highest BCUT2D eigenvalue weighted by Gasteiger charge is 2.34. The fourth-order valence-corrected chi connectivity index (χ4v) is 4.13. The lowest BCUT2D eigenvalue weighted by Gasteiger charge is -2.14. The van der Waals surface area contributed by atoms with Gasteiger partial charge in [-0.2, -0.15) is 0 Å². The van der Waals surface area contributed by atoms with E-state index >= 15 is 0 Å². The minimum atomic E-state index is -0.295. The number of thioether (sulfide) groups is 1. The summed E-state index contributed by atoms with van der Waals surface area (Å²) in [5.74, 6) is 0.505. The summed E-state index contributed by atoms with van der Waals surface area (Å²) in [7, 11) is 1.51. The van der Waals surface area contributed by atoms with Gasteiger partial charge < -0.3 is 9.47 Å². The van der Waals surface area contributed by atoms with Crippen LogP contribution in [0.5, 0.6) is 11.5 Å². The van der Waals surface area contributed by atoms with Gasteiger partial charge >= 0.3 is 0 Å². The van der Waals surface area contributed by atoms with Gasteiger partial charge in [0.15, 0.2) is 11.5 Å². The minimum Gasteiger partial charge on any atom is -0.493 e. The third-order valence-electron chi connectivity index (χ3n) is 4.20. The van der Waals surface area contributed by atoms with E-state index in [1.165, 1.54) is 12.0 Å². The molecule has 0 unspecified atom stereocenters. The van der Waals surface area contributed by atoms with Crippen LogP contribution >= 0.6 is 35.0 Å². The van der Waals surface area contributed by atoms with Crippen molar-refractivity contribution >= 4 is 52.2 Å². The maximum atomic E-state index is 12.4. The van der Waals surface area contributed by atoms with Crippen molar-refractivity contribution in [1.29, 1.82) is 0 Å². The number of hydrogen-bond donors (Lipinski definition) is 0. The minimum absolute atomic E-state index is 0.227. The topological polar surface area (TPSA) is 55.8 Å². The number of nitrogens with zero attached hydrogens (tertiary/aromatic N) is 1. The van der Waals surface area contributed by atoms with Crippen LogP contribution in [-0.2, 0) is 11.4 Å². The molecule has 2 aromatic carbocycles. The molecule has 1 fully saturated rings. The van der Waals surface area contributed by atoms with Crippen LogP contribution in [0.15, 0.2) is 41.3 Å². The SMILES string of the molecule is CCCN1C(=O)S/C(=C/c2cc(Cl)c(OCc3ccccc3Cl)c(OC)c2)C1=O. The lowest BCUT2D eigenvalue weighted by Crippen LogP contribution is -2.28. The maximum absolute atomic E-state index is 12.4. The monoisotopic (exact) mass is 451 g/mol. The van der Waals surface area contributed by atoms with Crippen molar-refractivity contribution in [2.24, 2.45) is 0 Å². The third-order valence-corrected chi connectivity index (χ3v) is 5.76. The summed E-state index contributed by atoms with van der Waals surface area (Å²) in [5, 5.41) is 0.665. The van der Waals surface area contributed by atoms with Crippen molar-refractivity contribution < 1.29 is 19.1 Å². The zero-order valence-electron chi connectivity index (χ0n) is 15.9. The molecule has 1 saturated heterocycles. The smallest absolute Gasteiger partial charge is 0.293 e. The second-order valence-electron chi connectivity index (χ2n) is 6.25. The normalized spacial score (nSPS) is 15.3. The van der Waals surface area contributed by atoms with Crippen LogP contribution in [0.3, 0.4) is 0 Å². The van der Waals surface area contributed by atoms with Gasteiger partial charge in [-0.05, 0) is 48.0 Å². The van der Waals surface area contributed by atoms with Gasteiger partial charge in [-0.15, -0.1) is 0 Å². The van der Waals surface area contributed by atoms with E-state index in [2.05, 4.69) is 0 Å². The molecular weight excluding hydrogens is 433 g/mol. The standard InChI is InChI=1S/C21H19Cl2NO4S/c1-3-8-24-20(25)18(29-21(24)26)11-13-9-16(23)19(17(10-13)27-2)28-12-14-6-4-5-7-15(14)22/h4-7,9-11H,3,8,12H2,1-2H3/b18-11+. The van der Waals surface area contributed by atoms with Gasteiger partial charge in [-0.3, -0.25) is 14.5 Å². The third kappa shape index (κ3) is 4.89. The van der Waals surface area contributed by atoms with Crippen molar-refractivity contribution in [3.05, 3.63) is 62.5 Å². The number of ether oxygens (including phenoxy) is 2. The first-order valence-electron chi connectivity index (χ1n) is 8.93. The van der Waals surface area contributed by atoms with Crippen molar-refractivity contribution in [3.8, 4) is 11.5 Å². The summed E-state index contributed by atoms with van der Waals surface area (Å²) < 4.78 is 11.3. The number of hydrogen-bond acceptors (Lipinski definition) is 5. The molecule has 0 aromatic heterocycles. The fraction of sp³-hybridized carbons (Fsp3) is 0.238. The van der Waals surface area contributed by atoms with Crippen molar-refractivity contribution in [2.45, 2.75) is 20.0 Å². The van der Waals surface area contributed by atoms with E-state index < -0.39 is 0 Å². The average molecular weight is 452 g/mol. The molecule has 3 rings (SSSR count). The average Bonchev–Trinajstić information content (AvgIpc) is 2.95. The molecule has 0 atom stereocenters. The second kappa shape index (κ2) is 9.57. The molecule has 2 amide bonds. The molecule has 152 valence electrons. The summed E-state index contributed by atoms with van der Waals surface area (Å²) in [5.41, 5.74) is 1.46. The lowest BCUT2D eigenvalue weighted by molar-refractivity contribution is -0.122. The van der Waals surface area contributed by atoms with Crippen LogP contribution in [0.4, 0.5) is 4.79 Å². The Balaban J connectivity index is 1.84. The Kier molecular flexibility index (Phi) is 7.11. The molecule has 0 spiro atoms. The highest BCUT2D eigenvalue weighted by molar-refractivity contribution is 8.18. The van der Waals surface area contributed by atoms with Crippen LogP contribution < -0.4 is 9.47 Å². The number of halogens is 2. The van der Waals surface area contributed by atoms with Crippen molar-refractivity contribution in [1.82, 2.24) is 4.90 Å². The summed E-state index contributed by atoms with van der Waals surface area (Å²) in [6.45, 7) is 2.55. The predicted molar refractivity (Wildman–Crippen MR) is 117 cm³/mol. The van der Waals surface area contributed by atoms with E-state index in [1.807, 2.05) is 25.1 Å². The Morgan fingerprint density at radius 3 is 2.59 bits per heavy atom. The molecule has 29 heavy (non-hydrogen) atoms. The van der Waals surface area contributed by atoms with Crippen LogP contribution in [0.2, 0.25) is 10.0 Å². The van der Waals surface area contributed by atoms with Crippen molar-refractivity contribution in [3.63, 3.8) is 0 Å². The number of benzene rings is 2. The Hall–Kier alpha value is -2.15. The molecule has 0 saturated carbocycles. The first-order chi connectivity index (χ1) is 13.9. The molecule has 8 heteroatoms. The van der Waals surface area contributed by atoms with Crippen molar-refractivity contribution in [2.75, 3.05) is 13.7 Å². The predicted octanol–water partition coefficient (Wildman–Crippen LogP) is 6.03. The molecular formula is C21H19Cl2NO4S. The summed E-state index contributed by atoms with van der Waals surface area (Å²) in [6, 6.07) is 10.7. The lowest BCUT2D eigenvalue weighted by atomic mass is 10.1. The highest BCUT2D eigenvalue weighted by atomic mass is 35.5. The van der Waals surface area contributed by atoms with E-state index in [4.69, 9.17) is 32.7 Å². The molecule has 1 aliphatic heterocycles. The first kappa shape index (κ1) is 21.6. The van der Waals surface area contributed by atoms with Crippen LogP contribution in [-0.4, -0.2) is 29.7 Å². The van der Waals surface area contributed by atoms with E-state index in [9.17, 15) is 9.59 Å². The molecule has 0 N–H and O–H groups in total. The summed E-state index contributed by atoms with van der Waals surface area (Å²) >= 11 is 13.5.